The third-order valence-electron chi connectivity index (χ3n) is 3.10. The molecule has 0 radical (unpaired) electrons. The molecule has 1 aromatic rings. The molecule has 0 saturated heterocycles. The molecule has 3 nitrogen and oxygen atoms in total. The van der Waals surface area contributed by atoms with Gasteiger partial charge in [-0.25, -0.2) is 0 Å². The zero-order chi connectivity index (χ0) is 14.8. The standard InChI is InChI=1S/C13H19F3N2O/c1-12(2,18(3)4)8-19-11-6-5-9(17)7-10(11)13(14,15)16/h5-7H,8,17H2,1-4H3. The fourth-order valence-electron chi connectivity index (χ4n) is 1.28. The van der Waals surface area contributed by atoms with Crippen molar-refractivity contribution in [1.29, 1.82) is 0 Å². The number of hydrogen-bond acceptors (Lipinski definition) is 3. The summed E-state index contributed by atoms with van der Waals surface area (Å²) in [6.45, 7) is 3.92. The van der Waals surface area contributed by atoms with Crippen LogP contribution in [-0.4, -0.2) is 31.1 Å². The minimum Gasteiger partial charge on any atom is -0.491 e. The van der Waals surface area contributed by atoms with Crippen molar-refractivity contribution < 1.29 is 17.9 Å². The first-order chi connectivity index (χ1) is 8.54. The van der Waals surface area contributed by atoms with E-state index in [0.29, 0.717) is 0 Å². The fourth-order valence-corrected chi connectivity index (χ4v) is 1.28. The van der Waals surface area contributed by atoms with E-state index in [1.165, 1.54) is 12.1 Å². The number of hydrogen-bond donors (Lipinski definition) is 1. The molecule has 0 heterocycles. The maximum atomic E-state index is 12.9. The van der Waals surface area contributed by atoms with Gasteiger partial charge >= 0.3 is 6.18 Å². The van der Waals surface area contributed by atoms with Crippen molar-refractivity contribution >= 4 is 5.69 Å². The molecule has 1 rings (SSSR count). The number of nitrogen functional groups attached to an aromatic ring is 1. The molecule has 19 heavy (non-hydrogen) atoms. The number of nitrogens with zero attached hydrogens (tertiary/aromatic N) is 1. The van der Waals surface area contributed by atoms with Crippen LogP contribution in [0.15, 0.2) is 18.2 Å². The van der Waals surface area contributed by atoms with Gasteiger partial charge in [-0.1, -0.05) is 0 Å². The van der Waals surface area contributed by atoms with Crippen LogP contribution in [0.5, 0.6) is 5.75 Å². The zero-order valence-electron chi connectivity index (χ0n) is 11.5. The smallest absolute Gasteiger partial charge is 0.420 e. The van der Waals surface area contributed by atoms with Gasteiger partial charge in [0.1, 0.15) is 12.4 Å². The van der Waals surface area contributed by atoms with Crippen LogP contribution in [0.4, 0.5) is 18.9 Å². The second kappa shape index (κ2) is 5.28. The normalized spacial score (nSPS) is 12.8. The second-order valence-electron chi connectivity index (χ2n) is 5.25. The van der Waals surface area contributed by atoms with E-state index >= 15 is 0 Å². The van der Waals surface area contributed by atoms with Gasteiger partial charge in [-0.3, -0.25) is 0 Å². The van der Waals surface area contributed by atoms with Crippen molar-refractivity contribution in [3.8, 4) is 5.75 Å². The van der Waals surface area contributed by atoms with E-state index in [2.05, 4.69) is 0 Å². The van der Waals surface area contributed by atoms with E-state index in [9.17, 15) is 13.2 Å². The summed E-state index contributed by atoms with van der Waals surface area (Å²) in [6.07, 6.45) is -4.48. The van der Waals surface area contributed by atoms with Crippen molar-refractivity contribution in [1.82, 2.24) is 4.90 Å². The number of anilines is 1. The lowest BCUT2D eigenvalue weighted by Gasteiger charge is -2.32. The van der Waals surface area contributed by atoms with Gasteiger partial charge in [0.15, 0.2) is 0 Å². The largest absolute Gasteiger partial charge is 0.491 e. The Hall–Kier alpha value is -1.43. The Morgan fingerprint density at radius 1 is 1.21 bits per heavy atom. The first kappa shape index (κ1) is 15.6. The molecule has 0 aliphatic rings. The van der Waals surface area contributed by atoms with Crippen LogP contribution in [-0.2, 0) is 6.18 Å². The van der Waals surface area contributed by atoms with Crippen LogP contribution in [0.1, 0.15) is 19.4 Å². The SMILES string of the molecule is CN(C)C(C)(C)COc1ccc(N)cc1C(F)(F)F. The third-order valence-corrected chi connectivity index (χ3v) is 3.10. The van der Waals surface area contributed by atoms with Crippen molar-refractivity contribution in [2.45, 2.75) is 25.6 Å². The average molecular weight is 276 g/mol. The molecule has 0 fully saturated rings. The van der Waals surface area contributed by atoms with Gasteiger partial charge in [0.25, 0.3) is 0 Å². The van der Waals surface area contributed by atoms with Gasteiger partial charge in [-0.05, 0) is 46.1 Å². The summed E-state index contributed by atoms with van der Waals surface area (Å²) in [4.78, 5) is 1.89. The van der Waals surface area contributed by atoms with Crippen LogP contribution in [0.2, 0.25) is 0 Å². The molecule has 0 aliphatic heterocycles. The topological polar surface area (TPSA) is 38.5 Å². The Morgan fingerprint density at radius 2 is 1.79 bits per heavy atom. The van der Waals surface area contributed by atoms with Crippen molar-refractivity contribution in [3.63, 3.8) is 0 Å². The molecule has 0 aromatic heterocycles. The lowest BCUT2D eigenvalue weighted by Crippen LogP contribution is -2.43. The highest BCUT2D eigenvalue weighted by Crippen LogP contribution is 2.37. The molecule has 0 bridgehead atoms. The van der Waals surface area contributed by atoms with Gasteiger partial charge in [-0.2, -0.15) is 13.2 Å². The molecule has 0 spiro atoms. The summed E-state index contributed by atoms with van der Waals surface area (Å²) in [5.74, 6) is -0.198. The quantitative estimate of drug-likeness (QED) is 0.859. The number of halogens is 3. The number of benzene rings is 1. The summed E-state index contributed by atoms with van der Waals surface area (Å²) in [5, 5.41) is 0. The van der Waals surface area contributed by atoms with Gasteiger partial charge in [-0.15, -0.1) is 0 Å². The van der Waals surface area contributed by atoms with Crippen molar-refractivity contribution in [3.05, 3.63) is 23.8 Å². The van der Waals surface area contributed by atoms with Crippen molar-refractivity contribution in [2.24, 2.45) is 0 Å². The van der Waals surface area contributed by atoms with Crippen LogP contribution >= 0.6 is 0 Å². The predicted octanol–water partition coefficient (Wildman–Crippen LogP) is 3.01. The predicted molar refractivity (Wildman–Crippen MR) is 69.1 cm³/mol. The Morgan fingerprint density at radius 3 is 2.26 bits per heavy atom. The van der Waals surface area contributed by atoms with Gasteiger partial charge < -0.3 is 15.4 Å². The molecule has 0 atom stereocenters. The number of ether oxygens (including phenoxy) is 1. The van der Waals surface area contributed by atoms with Crippen molar-refractivity contribution in [2.75, 3.05) is 26.4 Å². The first-order valence-corrected chi connectivity index (χ1v) is 5.81. The highest BCUT2D eigenvalue weighted by Gasteiger charge is 2.35. The fraction of sp³-hybridized carbons (Fsp3) is 0.538. The summed E-state index contributed by atoms with van der Waals surface area (Å²) in [6, 6.07) is 3.54. The second-order valence-corrected chi connectivity index (χ2v) is 5.25. The Labute approximate surface area is 111 Å². The minimum atomic E-state index is -4.48. The molecule has 1 aromatic carbocycles. The summed E-state index contributed by atoms with van der Waals surface area (Å²) >= 11 is 0. The van der Waals surface area contributed by atoms with Crippen LogP contribution in [0, 0.1) is 0 Å². The number of rotatable bonds is 4. The summed E-state index contributed by atoms with van der Waals surface area (Å²) in [5.41, 5.74) is 4.24. The van der Waals surface area contributed by atoms with Gasteiger partial charge in [0.2, 0.25) is 0 Å². The van der Waals surface area contributed by atoms with E-state index < -0.39 is 11.7 Å². The van der Waals surface area contributed by atoms with Crippen LogP contribution in [0.25, 0.3) is 0 Å². The summed E-state index contributed by atoms with van der Waals surface area (Å²) in [7, 11) is 3.69. The van der Waals surface area contributed by atoms with Crippen LogP contribution < -0.4 is 10.5 Å². The maximum absolute atomic E-state index is 12.9. The van der Waals surface area contributed by atoms with E-state index in [1.54, 1.807) is 0 Å². The lowest BCUT2D eigenvalue weighted by atomic mass is 10.1. The number of nitrogens with two attached hydrogens (primary N) is 1. The van der Waals surface area contributed by atoms with E-state index in [1.807, 2.05) is 32.8 Å². The Balaban J connectivity index is 2.96. The summed E-state index contributed by atoms with van der Waals surface area (Å²) < 4.78 is 43.9. The van der Waals surface area contributed by atoms with E-state index in [-0.39, 0.29) is 23.6 Å². The molecule has 6 heteroatoms. The average Bonchev–Trinajstić information content (AvgIpc) is 2.26. The third kappa shape index (κ3) is 4.02. The molecular weight excluding hydrogens is 257 g/mol. The highest BCUT2D eigenvalue weighted by molar-refractivity contribution is 5.49. The maximum Gasteiger partial charge on any atom is 0.420 e. The molecule has 108 valence electrons. The van der Waals surface area contributed by atoms with Gasteiger partial charge in [0.05, 0.1) is 5.56 Å². The monoisotopic (exact) mass is 276 g/mol. The number of alkyl halides is 3. The van der Waals surface area contributed by atoms with Gasteiger partial charge in [0, 0.05) is 11.2 Å². The molecule has 0 unspecified atom stereocenters. The molecule has 2 N–H and O–H groups in total. The minimum absolute atomic E-state index is 0.0616. The molecule has 0 amide bonds. The molecule has 0 saturated carbocycles. The molecule has 0 aliphatic carbocycles. The lowest BCUT2D eigenvalue weighted by molar-refractivity contribution is -0.139. The van der Waals surface area contributed by atoms with E-state index in [4.69, 9.17) is 10.5 Å². The number of likely N-dealkylation sites (N-methyl/N-ethyl adjacent to an activating group) is 1. The Bertz CT molecular complexity index is 442. The molecular formula is C13H19F3N2O. The zero-order valence-corrected chi connectivity index (χ0v) is 11.5. The highest BCUT2D eigenvalue weighted by atomic mass is 19.4. The Kier molecular flexibility index (Phi) is 4.35. The van der Waals surface area contributed by atoms with Crippen LogP contribution in [0.3, 0.4) is 0 Å². The van der Waals surface area contributed by atoms with E-state index in [0.717, 1.165) is 6.07 Å². The first-order valence-electron chi connectivity index (χ1n) is 5.81.